The molecule has 1 aromatic rings. The van der Waals surface area contributed by atoms with Crippen molar-refractivity contribution in [3.8, 4) is 5.75 Å². The van der Waals surface area contributed by atoms with E-state index in [4.69, 9.17) is 17.0 Å². The molecule has 0 spiro atoms. The van der Waals surface area contributed by atoms with Gasteiger partial charge in [-0.1, -0.05) is 24.0 Å². The molecule has 3 rings (SSSR count). The van der Waals surface area contributed by atoms with E-state index in [2.05, 4.69) is 17.0 Å². The first kappa shape index (κ1) is 16.3. The quantitative estimate of drug-likeness (QED) is 0.614. The van der Waals surface area contributed by atoms with Crippen LogP contribution in [0.2, 0.25) is 0 Å². The molecule has 0 atom stereocenters. The van der Waals surface area contributed by atoms with E-state index < -0.39 is 0 Å². The number of carbonyl (C=O) groups excluding carboxylic acids is 1. The van der Waals surface area contributed by atoms with Crippen molar-refractivity contribution in [1.82, 2.24) is 4.90 Å². The monoisotopic (exact) mass is 348 g/mol. The lowest BCUT2D eigenvalue weighted by Crippen LogP contribution is -2.27. The van der Waals surface area contributed by atoms with E-state index in [0.29, 0.717) is 15.8 Å². The Hall–Kier alpha value is -1.53. The smallest absolute Gasteiger partial charge is 0.266 e. The van der Waals surface area contributed by atoms with Crippen molar-refractivity contribution in [2.75, 3.05) is 31.6 Å². The molecule has 122 valence electrons. The number of hydrogen-bond acceptors (Lipinski definition) is 5. The number of ether oxygens (including phenoxy) is 1. The zero-order valence-corrected chi connectivity index (χ0v) is 15.0. The summed E-state index contributed by atoms with van der Waals surface area (Å²) in [5.41, 5.74) is 2.09. The van der Waals surface area contributed by atoms with Crippen LogP contribution in [0.5, 0.6) is 5.75 Å². The normalized spacial score (nSPS) is 20.0. The highest BCUT2D eigenvalue weighted by molar-refractivity contribution is 8.26. The zero-order chi connectivity index (χ0) is 16.4. The SMILES string of the molecule is CCN1C(=O)C(=Cc2ccc(N3CCCC3)cc2OC)SC1=S. The van der Waals surface area contributed by atoms with Gasteiger partial charge in [0.25, 0.3) is 5.91 Å². The second kappa shape index (κ2) is 6.93. The second-order valence-electron chi connectivity index (χ2n) is 5.55. The molecule has 4 nitrogen and oxygen atoms in total. The lowest BCUT2D eigenvalue weighted by molar-refractivity contribution is -0.121. The van der Waals surface area contributed by atoms with Crippen LogP contribution in [0.4, 0.5) is 5.69 Å². The summed E-state index contributed by atoms with van der Waals surface area (Å²) >= 11 is 6.61. The highest BCUT2D eigenvalue weighted by Crippen LogP contribution is 2.35. The van der Waals surface area contributed by atoms with E-state index in [1.807, 2.05) is 19.1 Å². The third-order valence-corrected chi connectivity index (χ3v) is 5.54. The second-order valence-corrected chi connectivity index (χ2v) is 7.22. The molecule has 0 unspecified atom stereocenters. The molecule has 0 N–H and O–H groups in total. The Bertz CT molecular complexity index is 667. The van der Waals surface area contributed by atoms with Gasteiger partial charge >= 0.3 is 0 Å². The molecule has 0 aliphatic carbocycles. The molecule has 0 radical (unpaired) electrons. The molecule has 2 aliphatic heterocycles. The predicted octanol–water partition coefficient (Wildman–Crippen LogP) is 3.52. The number of likely N-dealkylation sites (N-methyl/N-ethyl adjacent to an activating group) is 1. The van der Waals surface area contributed by atoms with Gasteiger partial charge in [-0.2, -0.15) is 0 Å². The molecular formula is C17H20N2O2S2. The fourth-order valence-electron chi connectivity index (χ4n) is 2.90. The first-order chi connectivity index (χ1) is 11.1. The van der Waals surface area contributed by atoms with Gasteiger partial charge in [0, 0.05) is 37.0 Å². The van der Waals surface area contributed by atoms with Gasteiger partial charge < -0.3 is 9.64 Å². The fourth-order valence-corrected chi connectivity index (χ4v) is 4.28. The van der Waals surface area contributed by atoms with E-state index in [9.17, 15) is 4.79 Å². The molecule has 23 heavy (non-hydrogen) atoms. The number of thioether (sulfide) groups is 1. The highest BCUT2D eigenvalue weighted by Gasteiger charge is 2.30. The average molecular weight is 348 g/mol. The third-order valence-electron chi connectivity index (χ3n) is 4.16. The molecule has 2 saturated heterocycles. The number of methoxy groups -OCH3 is 1. The van der Waals surface area contributed by atoms with E-state index in [-0.39, 0.29) is 5.91 Å². The Balaban J connectivity index is 1.89. The zero-order valence-electron chi connectivity index (χ0n) is 13.4. The Morgan fingerprint density at radius 2 is 2.09 bits per heavy atom. The van der Waals surface area contributed by atoms with Gasteiger partial charge in [0.2, 0.25) is 0 Å². The van der Waals surface area contributed by atoms with Gasteiger partial charge in [-0.25, -0.2) is 0 Å². The summed E-state index contributed by atoms with van der Waals surface area (Å²) < 4.78 is 6.15. The first-order valence-electron chi connectivity index (χ1n) is 7.82. The van der Waals surface area contributed by atoms with Gasteiger partial charge in [-0.3, -0.25) is 9.69 Å². The molecule has 2 aliphatic rings. The Labute approximate surface area is 146 Å². The Kier molecular flexibility index (Phi) is 4.92. The first-order valence-corrected chi connectivity index (χ1v) is 9.05. The minimum Gasteiger partial charge on any atom is -0.496 e. The van der Waals surface area contributed by atoms with E-state index in [1.54, 1.807) is 12.0 Å². The standard InChI is InChI=1S/C17H20N2O2S2/c1-3-19-16(20)15(23-17(19)22)10-12-6-7-13(11-14(12)21-2)18-8-4-5-9-18/h6-7,10-11H,3-5,8-9H2,1-2H3. The van der Waals surface area contributed by atoms with E-state index in [0.717, 1.165) is 24.4 Å². The molecule has 6 heteroatoms. The number of anilines is 1. The van der Waals surface area contributed by atoms with Gasteiger partial charge in [-0.15, -0.1) is 0 Å². The maximum atomic E-state index is 12.3. The number of nitrogens with zero attached hydrogens (tertiary/aromatic N) is 2. The average Bonchev–Trinajstić information content (AvgIpc) is 3.17. The van der Waals surface area contributed by atoms with Gasteiger partial charge in [-0.05, 0) is 38.0 Å². The molecule has 1 amide bonds. The number of thiocarbonyl (C=S) groups is 1. The summed E-state index contributed by atoms with van der Waals surface area (Å²) in [6, 6.07) is 6.17. The van der Waals surface area contributed by atoms with Crippen LogP contribution in [-0.4, -0.2) is 41.9 Å². The molecule has 2 heterocycles. The molecule has 0 aromatic heterocycles. The molecule has 2 fully saturated rings. The van der Waals surface area contributed by atoms with Crippen LogP contribution in [0.1, 0.15) is 25.3 Å². The highest BCUT2D eigenvalue weighted by atomic mass is 32.2. The molecule has 0 bridgehead atoms. The lowest BCUT2D eigenvalue weighted by atomic mass is 10.1. The maximum absolute atomic E-state index is 12.3. The number of carbonyl (C=O) groups is 1. The van der Waals surface area contributed by atoms with Crippen LogP contribution in [0.15, 0.2) is 23.1 Å². The van der Waals surface area contributed by atoms with Crippen LogP contribution in [0.3, 0.4) is 0 Å². The molecular weight excluding hydrogens is 328 g/mol. The summed E-state index contributed by atoms with van der Waals surface area (Å²) in [5.74, 6) is 0.768. The maximum Gasteiger partial charge on any atom is 0.266 e. The van der Waals surface area contributed by atoms with Crippen LogP contribution < -0.4 is 9.64 Å². The lowest BCUT2D eigenvalue weighted by Gasteiger charge is -2.19. The van der Waals surface area contributed by atoms with Gasteiger partial charge in [0.1, 0.15) is 10.1 Å². The fraction of sp³-hybridized carbons (Fsp3) is 0.412. The number of rotatable bonds is 4. The van der Waals surface area contributed by atoms with Crippen molar-refractivity contribution >= 4 is 46.0 Å². The van der Waals surface area contributed by atoms with Crippen molar-refractivity contribution in [2.45, 2.75) is 19.8 Å². The summed E-state index contributed by atoms with van der Waals surface area (Å²) in [7, 11) is 1.66. The van der Waals surface area contributed by atoms with Crippen LogP contribution in [0, 0.1) is 0 Å². The Morgan fingerprint density at radius 3 is 2.70 bits per heavy atom. The van der Waals surface area contributed by atoms with Gasteiger partial charge in [0.15, 0.2) is 0 Å². The minimum absolute atomic E-state index is 0.0202. The van der Waals surface area contributed by atoms with E-state index in [1.165, 1.54) is 30.3 Å². The number of hydrogen-bond donors (Lipinski definition) is 0. The van der Waals surface area contributed by atoms with Crippen molar-refractivity contribution < 1.29 is 9.53 Å². The van der Waals surface area contributed by atoms with Crippen molar-refractivity contribution in [3.05, 3.63) is 28.7 Å². The van der Waals surface area contributed by atoms with Crippen molar-refractivity contribution in [1.29, 1.82) is 0 Å². The Morgan fingerprint density at radius 1 is 1.35 bits per heavy atom. The third kappa shape index (κ3) is 3.23. The number of benzene rings is 1. The number of amides is 1. The summed E-state index contributed by atoms with van der Waals surface area (Å²) in [6.45, 7) is 4.72. The minimum atomic E-state index is -0.0202. The van der Waals surface area contributed by atoms with Crippen molar-refractivity contribution in [2.24, 2.45) is 0 Å². The molecule has 0 saturated carbocycles. The van der Waals surface area contributed by atoms with Crippen molar-refractivity contribution in [3.63, 3.8) is 0 Å². The topological polar surface area (TPSA) is 32.8 Å². The largest absolute Gasteiger partial charge is 0.496 e. The molecule has 1 aromatic carbocycles. The van der Waals surface area contributed by atoms with Crippen LogP contribution >= 0.6 is 24.0 Å². The predicted molar refractivity (Wildman–Crippen MR) is 100.0 cm³/mol. The van der Waals surface area contributed by atoms with Crippen LogP contribution in [-0.2, 0) is 4.79 Å². The van der Waals surface area contributed by atoms with E-state index >= 15 is 0 Å². The van der Waals surface area contributed by atoms with Crippen LogP contribution in [0.25, 0.3) is 6.08 Å². The summed E-state index contributed by atoms with van der Waals surface area (Å²) in [6.07, 6.45) is 4.36. The summed E-state index contributed by atoms with van der Waals surface area (Å²) in [5, 5.41) is 0. The van der Waals surface area contributed by atoms with Gasteiger partial charge in [0.05, 0.1) is 12.0 Å². The summed E-state index contributed by atoms with van der Waals surface area (Å²) in [4.78, 5) is 17.0.